The molecular weight excluding hydrogens is 427 g/mol. The second-order valence-electron chi connectivity index (χ2n) is 9.37. The maximum absolute atomic E-state index is 14.7. The Morgan fingerprint density at radius 2 is 2.03 bits per heavy atom. The third kappa shape index (κ3) is 4.07. The van der Waals surface area contributed by atoms with Crippen molar-refractivity contribution in [2.45, 2.75) is 57.4 Å². The van der Waals surface area contributed by atoms with E-state index >= 15 is 0 Å². The van der Waals surface area contributed by atoms with Gasteiger partial charge in [-0.15, -0.1) is 0 Å². The molecule has 33 heavy (non-hydrogen) atoms. The van der Waals surface area contributed by atoms with Gasteiger partial charge < -0.3 is 19.4 Å². The Labute approximate surface area is 191 Å². The molecule has 2 saturated heterocycles. The van der Waals surface area contributed by atoms with E-state index in [0.29, 0.717) is 18.0 Å². The van der Waals surface area contributed by atoms with Crippen LogP contribution in [0.2, 0.25) is 0 Å². The summed E-state index contributed by atoms with van der Waals surface area (Å²) >= 11 is 0. The van der Waals surface area contributed by atoms with E-state index < -0.39 is 6.09 Å². The zero-order chi connectivity index (χ0) is 23.1. The zero-order valence-electron chi connectivity index (χ0n) is 18.9. The average Bonchev–Trinajstić information content (AvgIpc) is 3.52. The van der Waals surface area contributed by atoms with Gasteiger partial charge >= 0.3 is 6.09 Å². The fourth-order valence-electron chi connectivity index (χ4n) is 5.14. The second-order valence-corrected chi connectivity index (χ2v) is 9.37. The fourth-order valence-corrected chi connectivity index (χ4v) is 5.14. The molecule has 0 saturated carbocycles. The van der Waals surface area contributed by atoms with Gasteiger partial charge in [-0.1, -0.05) is 26.0 Å². The molecule has 5 rings (SSSR count). The van der Waals surface area contributed by atoms with Crippen molar-refractivity contribution in [2.24, 2.45) is 0 Å². The van der Waals surface area contributed by atoms with E-state index in [0.717, 1.165) is 56.4 Å². The highest BCUT2D eigenvalue weighted by atomic mass is 19.1. The first-order valence-electron chi connectivity index (χ1n) is 11.7. The normalized spacial score (nSPS) is 20.4. The predicted octanol–water partition coefficient (Wildman–Crippen LogP) is 3.99. The van der Waals surface area contributed by atoms with E-state index in [-0.39, 0.29) is 29.6 Å². The fraction of sp³-hybridized carbons (Fsp3) is 0.565. The molecule has 0 bridgehead atoms. The molecule has 0 unspecified atom stereocenters. The maximum atomic E-state index is 14.7. The zero-order valence-corrected chi connectivity index (χ0v) is 18.9. The summed E-state index contributed by atoms with van der Waals surface area (Å²) in [6.45, 7) is 7.14. The van der Waals surface area contributed by atoms with Gasteiger partial charge in [-0.25, -0.2) is 9.18 Å². The summed E-state index contributed by atoms with van der Waals surface area (Å²) in [6.07, 6.45) is 2.74. The van der Waals surface area contributed by atoms with Crippen LogP contribution in [-0.4, -0.2) is 73.1 Å². The molecule has 0 radical (unpaired) electrons. The largest absolute Gasteiger partial charge is 0.465 e. The molecule has 9 nitrogen and oxygen atoms in total. The number of nitrogens with zero attached hydrogens (tertiary/aromatic N) is 6. The topological polar surface area (TPSA) is 101 Å². The number of para-hydroxylation sites is 1. The molecule has 1 amide bonds. The first-order chi connectivity index (χ1) is 15.9. The minimum absolute atomic E-state index is 0.0761. The Morgan fingerprint density at radius 3 is 2.76 bits per heavy atom. The van der Waals surface area contributed by atoms with Gasteiger partial charge in [-0.2, -0.15) is 14.8 Å². The molecule has 0 spiro atoms. The summed E-state index contributed by atoms with van der Waals surface area (Å²) in [5.74, 6) is 0.677. The maximum Gasteiger partial charge on any atom is 0.407 e. The number of likely N-dealkylation sites (tertiary alicyclic amines) is 2. The molecule has 1 atom stereocenters. The summed E-state index contributed by atoms with van der Waals surface area (Å²) < 4.78 is 21.7. The number of halogens is 1. The number of piperidine rings is 1. The number of amides is 1. The minimum atomic E-state index is -0.825. The molecule has 2 fully saturated rings. The van der Waals surface area contributed by atoms with E-state index in [1.807, 2.05) is 19.9 Å². The van der Waals surface area contributed by atoms with Gasteiger partial charge in [0.25, 0.3) is 5.95 Å². The van der Waals surface area contributed by atoms with Crippen molar-refractivity contribution in [2.75, 3.05) is 26.2 Å². The summed E-state index contributed by atoms with van der Waals surface area (Å²) in [7, 11) is 0. The Morgan fingerprint density at radius 1 is 1.24 bits per heavy atom. The van der Waals surface area contributed by atoms with Crippen LogP contribution in [0, 0.1) is 5.82 Å². The number of aromatic nitrogens is 4. The number of hydrogen-bond donors (Lipinski definition) is 1. The lowest BCUT2D eigenvalue weighted by Crippen LogP contribution is -2.45. The van der Waals surface area contributed by atoms with E-state index in [9.17, 15) is 14.3 Å². The molecule has 1 aromatic carbocycles. The number of carbonyl (C=O) groups is 1. The Bertz CT molecular complexity index is 1150. The molecule has 10 heteroatoms. The minimum Gasteiger partial charge on any atom is -0.465 e. The monoisotopic (exact) mass is 456 g/mol. The van der Waals surface area contributed by atoms with Crippen molar-refractivity contribution in [1.82, 2.24) is 29.7 Å². The summed E-state index contributed by atoms with van der Waals surface area (Å²) in [5.41, 5.74) is 1.16. The van der Waals surface area contributed by atoms with Gasteiger partial charge in [0, 0.05) is 30.4 Å². The molecular formula is C23H29FN6O3. The van der Waals surface area contributed by atoms with Crippen LogP contribution in [0.1, 0.15) is 63.0 Å². The quantitative estimate of drug-likeness (QED) is 0.619. The predicted molar refractivity (Wildman–Crippen MR) is 119 cm³/mol. The van der Waals surface area contributed by atoms with Gasteiger partial charge in [-0.05, 0) is 55.9 Å². The third-order valence-corrected chi connectivity index (χ3v) is 6.88. The Balaban J connectivity index is 1.29. The van der Waals surface area contributed by atoms with Gasteiger partial charge in [0.15, 0.2) is 0 Å². The number of carboxylic acid groups (broad SMARTS) is 1. The van der Waals surface area contributed by atoms with Crippen LogP contribution in [0.4, 0.5) is 9.18 Å². The number of rotatable bonds is 5. The van der Waals surface area contributed by atoms with Crippen LogP contribution < -0.4 is 0 Å². The van der Waals surface area contributed by atoms with E-state index in [1.165, 1.54) is 10.7 Å². The molecule has 176 valence electrons. The van der Waals surface area contributed by atoms with Crippen LogP contribution in [0.15, 0.2) is 22.7 Å². The SMILES string of the molecule is CC(C)c1nn(-c2noc(C3CCN(C[C@@H]4CCCN4C(=O)O)CC3)n2)c2c(F)cccc12. The van der Waals surface area contributed by atoms with Crippen LogP contribution in [0.3, 0.4) is 0 Å². The molecule has 2 aromatic heterocycles. The van der Waals surface area contributed by atoms with E-state index in [2.05, 4.69) is 20.1 Å². The molecule has 3 aromatic rings. The summed E-state index contributed by atoms with van der Waals surface area (Å²) in [5, 5.41) is 18.8. The van der Waals surface area contributed by atoms with Gasteiger partial charge in [0.05, 0.1) is 5.69 Å². The smallest absolute Gasteiger partial charge is 0.407 e. The highest BCUT2D eigenvalue weighted by Crippen LogP contribution is 2.31. The lowest BCUT2D eigenvalue weighted by Gasteiger charge is -2.34. The lowest BCUT2D eigenvalue weighted by molar-refractivity contribution is 0.115. The second kappa shape index (κ2) is 8.74. The van der Waals surface area contributed by atoms with Crippen LogP contribution >= 0.6 is 0 Å². The van der Waals surface area contributed by atoms with Crippen molar-refractivity contribution in [3.8, 4) is 5.95 Å². The lowest BCUT2D eigenvalue weighted by atomic mass is 9.96. The number of hydrogen-bond acceptors (Lipinski definition) is 6. The first kappa shape index (κ1) is 21.8. The molecule has 2 aliphatic rings. The summed E-state index contributed by atoms with van der Waals surface area (Å²) in [4.78, 5) is 19.9. The van der Waals surface area contributed by atoms with Crippen molar-refractivity contribution in [3.05, 3.63) is 35.6 Å². The first-order valence-corrected chi connectivity index (χ1v) is 11.7. The Kier molecular flexibility index (Phi) is 5.77. The number of fused-ring (bicyclic) bond motifs is 1. The molecule has 1 N–H and O–H groups in total. The van der Waals surface area contributed by atoms with Crippen LogP contribution in [0.25, 0.3) is 16.9 Å². The van der Waals surface area contributed by atoms with Crippen molar-refractivity contribution >= 4 is 17.0 Å². The molecule has 0 aliphatic carbocycles. The van der Waals surface area contributed by atoms with E-state index in [1.54, 1.807) is 11.0 Å². The van der Waals surface area contributed by atoms with Crippen molar-refractivity contribution in [3.63, 3.8) is 0 Å². The van der Waals surface area contributed by atoms with Gasteiger partial charge in [0.2, 0.25) is 5.89 Å². The number of benzene rings is 1. The highest BCUT2D eigenvalue weighted by molar-refractivity contribution is 5.84. The van der Waals surface area contributed by atoms with Crippen molar-refractivity contribution < 1.29 is 18.8 Å². The van der Waals surface area contributed by atoms with Gasteiger partial charge in [-0.3, -0.25) is 0 Å². The molecule has 4 heterocycles. The van der Waals surface area contributed by atoms with Gasteiger partial charge in [0.1, 0.15) is 11.3 Å². The molecule has 2 aliphatic heterocycles. The standard InChI is InChI=1S/C23H29FN6O3/c1-14(2)19-17-6-3-7-18(24)20(17)30(26-19)22-25-21(33-27-22)15-8-11-28(12-9-15)13-16-5-4-10-29(16)23(31)32/h3,6-7,14-16H,4-5,8-13H2,1-2H3,(H,31,32)/t16-/m0/s1. The highest BCUT2D eigenvalue weighted by Gasteiger charge is 2.32. The average molecular weight is 457 g/mol. The third-order valence-electron chi connectivity index (χ3n) is 6.88. The Hall–Kier alpha value is -3.01. The summed E-state index contributed by atoms with van der Waals surface area (Å²) in [6, 6.07) is 5.04. The van der Waals surface area contributed by atoms with Crippen LogP contribution in [0.5, 0.6) is 0 Å². The van der Waals surface area contributed by atoms with Crippen molar-refractivity contribution in [1.29, 1.82) is 0 Å². The van der Waals surface area contributed by atoms with Crippen LogP contribution in [-0.2, 0) is 0 Å². The van der Waals surface area contributed by atoms with E-state index in [4.69, 9.17) is 4.52 Å².